The molecule has 0 saturated carbocycles. The van der Waals surface area contributed by atoms with Crippen molar-refractivity contribution >= 4 is 29.5 Å². The van der Waals surface area contributed by atoms with E-state index < -0.39 is 24.1 Å². The van der Waals surface area contributed by atoms with Gasteiger partial charge in [-0.15, -0.1) is 0 Å². The number of ether oxygens (including phenoxy) is 1. The second-order valence-corrected chi connectivity index (χ2v) is 9.09. The largest absolute Gasteiger partial charge is 0.508 e. The Hall–Kier alpha value is -3.00. The molecule has 0 aliphatic heterocycles. The molecule has 0 aliphatic rings. The fourth-order valence-corrected chi connectivity index (χ4v) is 3.72. The summed E-state index contributed by atoms with van der Waals surface area (Å²) in [7, 11) is 0. The Morgan fingerprint density at radius 1 is 0.939 bits per heavy atom. The molecule has 2 aromatic carbocycles. The SMILES string of the molecule is CSCC(=O)C(Cc1ccc(O)cc1)NC(=O)C(CC(C)C)NC(=O)OCc1ccccc1. The molecule has 0 saturated heterocycles. The first kappa shape index (κ1) is 26.3. The molecule has 33 heavy (non-hydrogen) atoms. The fraction of sp³-hybridized carbons (Fsp3) is 0.400. The van der Waals surface area contributed by atoms with Gasteiger partial charge in [-0.1, -0.05) is 56.3 Å². The number of benzene rings is 2. The van der Waals surface area contributed by atoms with Gasteiger partial charge in [0.15, 0.2) is 5.78 Å². The van der Waals surface area contributed by atoms with Gasteiger partial charge in [-0.05, 0) is 48.3 Å². The lowest BCUT2D eigenvalue weighted by molar-refractivity contribution is -0.128. The van der Waals surface area contributed by atoms with Gasteiger partial charge in [0.2, 0.25) is 5.91 Å². The lowest BCUT2D eigenvalue weighted by atomic mass is 10.00. The number of phenols is 1. The van der Waals surface area contributed by atoms with Gasteiger partial charge in [-0.3, -0.25) is 9.59 Å². The number of hydrogen-bond donors (Lipinski definition) is 3. The Labute approximate surface area is 199 Å². The minimum absolute atomic E-state index is 0.0956. The molecule has 2 amide bonds. The minimum Gasteiger partial charge on any atom is -0.508 e. The van der Waals surface area contributed by atoms with Crippen LogP contribution in [0.2, 0.25) is 0 Å². The van der Waals surface area contributed by atoms with Crippen LogP contribution >= 0.6 is 11.8 Å². The number of Topliss-reactive ketones (excluding diaryl/α,β-unsaturated/α-hetero) is 1. The van der Waals surface area contributed by atoms with Crippen molar-refractivity contribution in [3.8, 4) is 5.75 Å². The highest BCUT2D eigenvalue weighted by atomic mass is 32.2. The Kier molecular flexibility index (Phi) is 10.8. The molecule has 0 heterocycles. The number of amides is 2. The Morgan fingerprint density at radius 2 is 1.61 bits per heavy atom. The van der Waals surface area contributed by atoms with Crippen molar-refractivity contribution in [1.82, 2.24) is 10.6 Å². The zero-order valence-corrected chi connectivity index (χ0v) is 20.1. The van der Waals surface area contributed by atoms with Crippen molar-refractivity contribution in [2.75, 3.05) is 12.0 Å². The summed E-state index contributed by atoms with van der Waals surface area (Å²) < 4.78 is 5.26. The minimum atomic E-state index is -0.835. The molecule has 0 aliphatic carbocycles. The van der Waals surface area contributed by atoms with Crippen molar-refractivity contribution in [1.29, 1.82) is 0 Å². The van der Waals surface area contributed by atoms with Crippen LogP contribution in [0.15, 0.2) is 54.6 Å². The Bertz CT molecular complexity index is 903. The molecule has 2 unspecified atom stereocenters. The van der Waals surface area contributed by atoms with Crippen LogP contribution in [-0.2, 0) is 27.4 Å². The predicted octanol–water partition coefficient (Wildman–Crippen LogP) is 3.69. The van der Waals surface area contributed by atoms with Crippen LogP contribution in [0.3, 0.4) is 0 Å². The van der Waals surface area contributed by atoms with Crippen molar-refractivity contribution in [2.24, 2.45) is 5.92 Å². The smallest absolute Gasteiger partial charge is 0.408 e. The van der Waals surface area contributed by atoms with E-state index in [1.165, 1.54) is 11.8 Å². The molecule has 8 heteroatoms. The van der Waals surface area contributed by atoms with Crippen molar-refractivity contribution in [3.05, 3.63) is 65.7 Å². The van der Waals surface area contributed by atoms with Gasteiger partial charge in [-0.2, -0.15) is 11.8 Å². The summed E-state index contributed by atoms with van der Waals surface area (Å²) in [4.78, 5) is 38.1. The van der Waals surface area contributed by atoms with Gasteiger partial charge in [-0.25, -0.2) is 4.79 Å². The number of hydrogen-bond acceptors (Lipinski definition) is 6. The number of aromatic hydroxyl groups is 1. The molecule has 2 rings (SSSR count). The first-order chi connectivity index (χ1) is 15.8. The number of rotatable bonds is 12. The van der Waals surface area contributed by atoms with E-state index in [0.717, 1.165) is 11.1 Å². The van der Waals surface area contributed by atoms with E-state index in [0.29, 0.717) is 6.42 Å². The molecule has 0 radical (unpaired) electrons. The molecular formula is C25H32N2O5S. The van der Waals surface area contributed by atoms with E-state index in [2.05, 4.69) is 10.6 Å². The summed E-state index contributed by atoms with van der Waals surface area (Å²) in [5, 5.41) is 15.0. The van der Waals surface area contributed by atoms with E-state index >= 15 is 0 Å². The van der Waals surface area contributed by atoms with Crippen molar-refractivity contribution in [2.45, 2.75) is 45.4 Å². The first-order valence-corrected chi connectivity index (χ1v) is 12.2. The zero-order chi connectivity index (χ0) is 24.2. The second-order valence-electron chi connectivity index (χ2n) is 8.22. The molecule has 0 spiro atoms. The summed E-state index contributed by atoms with van der Waals surface area (Å²) in [5.74, 6) is -0.0279. The summed E-state index contributed by atoms with van der Waals surface area (Å²) in [5.41, 5.74) is 1.65. The number of carbonyl (C=O) groups excluding carboxylic acids is 3. The van der Waals surface area contributed by atoms with E-state index in [-0.39, 0.29) is 36.2 Å². The van der Waals surface area contributed by atoms with Gasteiger partial charge in [0.25, 0.3) is 0 Å². The van der Waals surface area contributed by atoms with Crippen LogP contribution in [0.25, 0.3) is 0 Å². The van der Waals surface area contributed by atoms with Crippen molar-refractivity contribution in [3.63, 3.8) is 0 Å². The van der Waals surface area contributed by atoms with Crippen LogP contribution in [0, 0.1) is 5.92 Å². The summed E-state index contributed by atoms with van der Waals surface area (Å²) in [6, 6.07) is 14.2. The van der Waals surface area contributed by atoms with Gasteiger partial charge in [0.05, 0.1) is 11.8 Å². The zero-order valence-electron chi connectivity index (χ0n) is 19.2. The maximum atomic E-state index is 13.1. The second kappa shape index (κ2) is 13.5. The lowest BCUT2D eigenvalue weighted by Crippen LogP contribution is -2.53. The topological polar surface area (TPSA) is 105 Å². The van der Waals surface area contributed by atoms with Crippen LogP contribution in [0.1, 0.15) is 31.4 Å². The van der Waals surface area contributed by atoms with E-state index in [1.807, 2.05) is 50.4 Å². The Morgan fingerprint density at radius 3 is 2.21 bits per heavy atom. The Balaban J connectivity index is 2.05. The number of phenolic OH excluding ortho intramolecular Hbond substituents is 1. The average Bonchev–Trinajstić information content (AvgIpc) is 2.78. The highest BCUT2D eigenvalue weighted by Crippen LogP contribution is 2.13. The lowest BCUT2D eigenvalue weighted by Gasteiger charge is -2.24. The quantitative estimate of drug-likeness (QED) is 0.435. The third-order valence-corrected chi connectivity index (χ3v) is 5.47. The average molecular weight is 473 g/mol. The number of ketones is 1. The molecule has 178 valence electrons. The maximum absolute atomic E-state index is 13.1. The fourth-order valence-electron chi connectivity index (χ4n) is 3.24. The molecule has 0 aromatic heterocycles. The highest BCUT2D eigenvalue weighted by Gasteiger charge is 2.27. The summed E-state index contributed by atoms with van der Waals surface area (Å²) in [6.07, 6.45) is 1.82. The van der Waals surface area contributed by atoms with Gasteiger partial charge >= 0.3 is 6.09 Å². The van der Waals surface area contributed by atoms with Crippen molar-refractivity contribution < 1.29 is 24.2 Å². The van der Waals surface area contributed by atoms with Crippen LogP contribution in [0.5, 0.6) is 5.75 Å². The van der Waals surface area contributed by atoms with E-state index in [4.69, 9.17) is 4.74 Å². The molecular weight excluding hydrogens is 440 g/mol. The molecule has 0 fully saturated rings. The molecule has 2 aromatic rings. The number of nitrogens with one attached hydrogen (secondary N) is 2. The monoisotopic (exact) mass is 472 g/mol. The number of thioether (sulfide) groups is 1. The van der Waals surface area contributed by atoms with E-state index in [9.17, 15) is 19.5 Å². The highest BCUT2D eigenvalue weighted by molar-refractivity contribution is 7.99. The molecule has 0 bridgehead atoms. The number of carbonyl (C=O) groups is 3. The predicted molar refractivity (Wildman–Crippen MR) is 130 cm³/mol. The molecule has 3 N–H and O–H groups in total. The maximum Gasteiger partial charge on any atom is 0.408 e. The third-order valence-electron chi connectivity index (χ3n) is 4.90. The van der Waals surface area contributed by atoms with E-state index in [1.54, 1.807) is 24.3 Å². The summed E-state index contributed by atoms with van der Waals surface area (Å²) >= 11 is 1.38. The first-order valence-electron chi connectivity index (χ1n) is 10.9. The standard InChI is InChI=1S/C25H32N2O5S/c1-17(2)13-22(27-25(31)32-15-19-7-5-4-6-8-19)24(30)26-21(23(29)16-33-3)14-18-9-11-20(28)12-10-18/h4-12,17,21-22,28H,13-16H2,1-3H3,(H,26,30)(H,27,31). The van der Waals surface area contributed by atoms with Gasteiger partial charge in [0.1, 0.15) is 18.4 Å². The number of alkyl carbamates (subject to hydrolysis) is 1. The molecule has 2 atom stereocenters. The molecule has 7 nitrogen and oxygen atoms in total. The van der Waals surface area contributed by atoms with Gasteiger partial charge < -0.3 is 20.5 Å². The normalized spacial score (nSPS) is 12.6. The van der Waals surface area contributed by atoms with Gasteiger partial charge in [0, 0.05) is 0 Å². The summed E-state index contributed by atoms with van der Waals surface area (Å²) in [6.45, 7) is 3.99. The van der Waals surface area contributed by atoms with Crippen LogP contribution in [-0.4, -0.2) is 47.0 Å². The van der Waals surface area contributed by atoms with Crippen LogP contribution < -0.4 is 10.6 Å². The third kappa shape index (κ3) is 9.57. The van der Waals surface area contributed by atoms with Crippen LogP contribution in [0.4, 0.5) is 4.79 Å².